The molecule has 1 aromatic carbocycles. The quantitative estimate of drug-likeness (QED) is 0.489. The Bertz CT molecular complexity index is 1210. The van der Waals surface area contributed by atoms with E-state index in [0.29, 0.717) is 12.0 Å². The van der Waals surface area contributed by atoms with E-state index in [9.17, 15) is 4.79 Å². The van der Waals surface area contributed by atoms with E-state index < -0.39 is 0 Å². The van der Waals surface area contributed by atoms with Crippen LogP contribution in [0.2, 0.25) is 0 Å². The molecule has 0 spiro atoms. The second kappa shape index (κ2) is 8.56. The molecule has 6 rings (SSSR count). The Balaban J connectivity index is 1.34. The van der Waals surface area contributed by atoms with Crippen molar-refractivity contribution in [3.8, 4) is 21.8 Å². The number of hydrogen-bond acceptors (Lipinski definition) is 6. The minimum Gasteiger partial charge on any atom is -0.378 e. The molecule has 2 fully saturated rings. The van der Waals surface area contributed by atoms with Gasteiger partial charge in [0.2, 0.25) is 5.91 Å². The molecule has 1 aliphatic carbocycles. The van der Waals surface area contributed by atoms with Crippen LogP contribution in [-0.4, -0.2) is 55.2 Å². The van der Waals surface area contributed by atoms with Gasteiger partial charge in [0.1, 0.15) is 0 Å². The summed E-state index contributed by atoms with van der Waals surface area (Å²) >= 11 is 1.77. The average Bonchev–Trinajstić information content (AvgIpc) is 3.59. The second-order valence-corrected chi connectivity index (χ2v) is 10.3. The van der Waals surface area contributed by atoms with Crippen molar-refractivity contribution >= 4 is 22.9 Å². The zero-order chi connectivity index (χ0) is 22.4. The number of pyridine rings is 1. The van der Waals surface area contributed by atoms with Crippen LogP contribution in [-0.2, 0) is 17.7 Å². The lowest BCUT2D eigenvalue weighted by molar-refractivity contribution is 0.0999. The largest absolute Gasteiger partial charge is 0.378 e. The Hall–Kier alpha value is -2.74. The average molecular weight is 461 g/mol. The van der Waals surface area contributed by atoms with Gasteiger partial charge >= 0.3 is 0 Å². The highest BCUT2D eigenvalue weighted by Crippen LogP contribution is 2.41. The van der Waals surface area contributed by atoms with Crippen molar-refractivity contribution in [1.82, 2.24) is 9.88 Å². The van der Waals surface area contributed by atoms with Gasteiger partial charge in [-0.2, -0.15) is 0 Å². The third kappa shape index (κ3) is 3.94. The summed E-state index contributed by atoms with van der Waals surface area (Å²) in [5, 5.41) is 0. The molecule has 170 valence electrons. The van der Waals surface area contributed by atoms with Crippen LogP contribution < -0.4 is 10.6 Å². The van der Waals surface area contributed by atoms with Crippen LogP contribution in [0.1, 0.15) is 39.2 Å². The number of morpholine rings is 1. The number of amides is 1. The molecule has 0 atom stereocenters. The first-order chi connectivity index (χ1) is 16.2. The zero-order valence-corrected chi connectivity index (χ0v) is 19.5. The number of ether oxygens (including phenoxy) is 1. The third-order valence-corrected chi connectivity index (χ3v) is 8.06. The van der Waals surface area contributed by atoms with Crippen LogP contribution in [0.15, 0.2) is 36.4 Å². The molecule has 0 unspecified atom stereocenters. The molecule has 3 aliphatic rings. The molecule has 2 saturated heterocycles. The molecule has 6 nitrogen and oxygen atoms in total. The lowest BCUT2D eigenvalue weighted by atomic mass is 10.0. The Morgan fingerprint density at radius 1 is 1.06 bits per heavy atom. The first kappa shape index (κ1) is 20.8. The fourth-order valence-electron chi connectivity index (χ4n) is 5.25. The van der Waals surface area contributed by atoms with Crippen LogP contribution >= 0.6 is 11.3 Å². The number of hydrogen-bond donors (Lipinski definition) is 1. The predicted molar refractivity (Wildman–Crippen MR) is 132 cm³/mol. The summed E-state index contributed by atoms with van der Waals surface area (Å²) < 4.78 is 5.50. The van der Waals surface area contributed by atoms with Crippen LogP contribution in [0, 0.1) is 0 Å². The number of thiophene rings is 1. The third-order valence-electron chi connectivity index (χ3n) is 6.97. The minimum atomic E-state index is -0.384. The maximum absolute atomic E-state index is 12.4. The van der Waals surface area contributed by atoms with Gasteiger partial charge in [0.15, 0.2) is 0 Å². The van der Waals surface area contributed by atoms with Crippen LogP contribution in [0.5, 0.6) is 0 Å². The van der Waals surface area contributed by atoms with Gasteiger partial charge in [-0.1, -0.05) is 6.07 Å². The van der Waals surface area contributed by atoms with Gasteiger partial charge in [0, 0.05) is 47.7 Å². The van der Waals surface area contributed by atoms with E-state index in [4.69, 9.17) is 15.5 Å². The number of fused-ring (bicyclic) bond motifs is 3. The van der Waals surface area contributed by atoms with Crippen molar-refractivity contribution < 1.29 is 9.53 Å². The van der Waals surface area contributed by atoms with Crippen molar-refractivity contribution in [3.05, 3.63) is 58.0 Å². The fraction of sp³-hybridized carbons (Fsp3) is 0.385. The number of aromatic nitrogens is 1. The Kier molecular flexibility index (Phi) is 5.40. The molecule has 0 bridgehead atoms. The van der Waals surface area contributed by atoms with Crippen molar-refractivity contribution in [2.45, 2.75) is 25.8 Å². The number of nitrogens with two attached hydrogens (primary N) is 1. The fourth-order valence-corrected chi connectivity index (χ4v) is 6.26. The normalized spacial score (nSPS) is 17.9. The number of benzene rings is 1. The number of nitrogens with zero attached hydrogens (tertiary/aromatic N) is 3. The summed E-state index contributed by atoms with van der Waals surface area (Å²) in [5.74, 6) is -0.384. The molecular formula is C26H28N4O2S. The van der Waals surface area contributed by atoms with E-state index in [1.807, 2.05) is 6.07 Å². The van der Waals surface area contributed by atoms with Gasteiger partial charge in [-0.25, -0.2) is 4.98 Å². The smallest absolute Gasteiger partial charge is 0.249 e. The van der Waals surface area contributed by atoms with Crippen LogP contribution in [0.4, 0.5) is 5.69 Å². The van der Waals surface area contributed by atoms with E-state index in [1.54, 1.807) is 11.3 Å². The van der Waals surface area contributed by atoms with Gasteiger partial charge in [-0.05, 0) is 67.4 Å². The van der Waals surface area contributed by atoms with Crippen molar-refractivity contribution in [2.75, 3.05) is 44.3 Å². The SMILES string of the molecule is NC(=O)c1cc(-c2ccc(CN3CCCC3)s2)nc2c1Cc1cc(N3CCOCC3)ccc1-2. The number of primary amides is 1. The van der Waals surface area contributed by atoms with Crippen molar-refractivity contribution in [1.29, 1.82) is 0 Å². The van der Waals surface area contributed by atoms with Gasteiger partial charge in [-0.3, -0.25) is 9.69 Å². The molecule has 0 radical (unpaired) electrons. The predicted octanol–water partition coefficient (Wildman–Crippen LogP) is 3.91. The standard InChI is InChI=1S/C26H28N4O2S/c27-26(31)22-15-23(24-6-4-19(33-24)16-29-7-1-2-8-29)28-25-20-5-3-18(13-17(20)14-21(22)25)30-9-11-32-12-10-30/h3-6,13,15H,1-2,7-12,14,16H2,(H2,27,31). The summed E-state index contributed by atoms with van der Waals surface area (Å²) in [6, 6.07) is 12.8. The molecule has 3 aromatic rings. The lowest BCUT2D eigenvalue weighted by Crippen LogP contribution is -2.36. The van der Waals surface area contributed by atoms with Crippen molar-refractivity contribution in [2.24, 2.45) is 5.73 Å². The molecule has 2 aromatic heterocycles. The summed E-state index contributed by atoms with van der Waals surface area (Å²) in [7, 11) is 0. The molecule has 4 heterocycles. The monoisotopic (exact) mass is 460 g/mol. The first-order valence-corrected chi connectivity index (χ1v) is 12.6. The molecular weight excluding hydrogens is 432 g/mol. The number of rotatable bonds is 5. The first-order valence-electron chi connectivity index (χ1n) is 11.8. The van der Waals surface area contributed by atoms with E-state index >= 15 is 0 Å². The number of likely N-dealkylation sites (tertiary alicyclic amines) is 1. The Morgan fingerprint density at radius 2 is 1.88 bits per heavy atom. The van der Waals surface area contributed by atoms with E-state index in [0.717, 1.165) is 60.2 Å². The summed E-state index contributed by atoms with van der Waals surface area (Å²) in [4.78, 5) is 24.8. The summed E-state index contributed by atoms with van der Waals surface area (Å²) in [5.41, 5.74) is 12.6. The lowest BCUT2D eigenvalue weighted by Gasteiger charge is -2.29. The molecule has 7 heteroatoms. The number of carbonyl (C=O) groups excluding carboxylic acids is 1. The summed E-state index contributed by atoms with van der Waals surface area (Å²) in [6.07, 6.45) is 3.28. The van der Waals surface area contributed by atoms with Crippen LogP contribution in [0.3, 0.4) is 0 Å². The van der Waals surface area contributed by atoms with Gasteiger partial charge in [0.25, 0.3) is 0 Å². The second-order valence-electron chi connectivity index (χ2n) is 9.11. The Labute approximate surface area is 198 Å². The van der Waals surface area contributed by atoms with Gasteiger partial charge in [-0.15, -0.1) is 11.3 Å². The highest BCUT2D eigenvalue weighted by Gasteiger charge is 2.27. The number of carbonyl (C=O) groups is 1. The van der Waals surface area contributed by atoms with Gasteiger partial charge in [0.05, 0.1) is 29.5 Å². The maximum Gasteiger partial charge on any atom is 0.249 e. The minimum absolute atomic E-state index is 0.384. The van der Waals surface area contributed by atoms with E-state index in [-0.39, 0.29) is 5.91 Å². The molecule has 33 heavy (non-hydrogen) atoms. The maximum atomic E-state index is 12.4. The highest BCUT2D eigenvalue weighted by atomic mass is 32.1. The zero-order valence-electron chi connectivity index (χ0n) is 18.7. The summed E-state index contributed by atoms with van der Waals surface area (Å²) in [6.45, 7) is 6.67. The Morgan fingerprint density at radius 3 is 2.67 bits per heavy atom. The molecule has 1 amide bonds. The number of anilines is 1. The molecule has 0 saturated carbocycles. The molecule has 2 N–H and O–H groups in total. The van der Waals surface area contributed by atoms with E-state index in [1.165, 1.54) is 42.1 Å². The highest BCUT2D eigenvalue weighted by molar-refractivity contribution is 7.15. The van der Waals surface area contributed by atoms with Crippen LogP contribution in [0.25, 0.3) is 21.8 Å². The van der Waals surface area contributed by atoms with Crippen molar-refractivity contribution in [3.63, 3.8) is 0 Å². The molecule has 2 aliphatic heterocycles. The van der Waals surface area contributed by atoms with Gasteiger partial charge < -0.3 is 15.4 Å². The van der Waals surface area contributed by atoms with E-state index in [2.05, 4.69) is 40.1 Å². The topological polar surface area (TPSA) is 71.7 Å².